The monoisotopic (exact) mass is 295 g/mol. The van der Waals surface area contributed by atoms with Gasteiger partial charge in [-0.25, -0.2) is 8.42 Å². The number of anilines is 1. The van der Waals surface area contributed by atoms with Gasteiger partial charge in [-0.05, 0) is 49.2 Å². The third-order valence-electron chi connectivity index (χ3n) is 2.67. The summed E-state index contributed by atoms with van der Waals surface area (Å²) in [6.07, 6.45) is 0. The molecule has 2 rings (SSSR count). The van der Waals surface area contributed by atoms with Gasteiger partial charge in [-0.3, -0.25) is 4.72 Å². The number of sulfonamides is 1. The Bertz CT molecular complexity index is 711. The minimum absolute atomic E-state index is 0.226. The molecule has 19 heavy (non-hydrogen) atoms. The standard InChI is InChI=1S/C14H14ClNO2S/c1-10-4-3-5-12(8-10)19(17,18)16-14-7-6-11(2)9-13(14)15/h3-9,16H,1-2H3. The molecule has 2 aromatic carbocycles. The summed E-state index contributed by atoms with van der Waals surface area (Å²) >= 11 is 6.03. The highest BCUT2D eigenvalue weighted by Gasteiger charge is 2.15. The molecule has 0 radical (unpaired) electrons. The van der Waals surface area contributed by atoms with Gasteiger partial charge in [0.1, 0.15) is 0 Å². The lowest BCUT2D eigenvalue weighted by molar-refractivity contribution is 0.601. The third kappa shape index (κ3) is 3.28. The topological polar surface area (TPSA) is 46.2 Å². The van der Waals surface area contributed by atoms with E-state index in [0.29, 0.717) is 10.7 Å². The van der Waals surface area contributed by atoms with Gasteiger partial charge in [0, 0.05) is 0 Å². The van der Waals surface area contributed by atoms with Crippen molar-refractivity contribution in [3.8, 4) is 0 Å². The van der Waals surface area contributed by atoms with Crippen LogP contribution in [0.15, 0.2) is 47.4 Å². The van der Waals surface area contributed by atoms with Crippen LogP contribution in [0.25, 0.3) is 0 Å². The van der Waals surface area contributed by atoms with Gasteiger partial charge in [0.05, 0.1) is 15.6 Å². The van der Waals surface area contributed by atoms with Crippen molar-refractivity contribution < 1.29 is 8.42 Å². The lowest BCUT2D eigenvalue weighted by atomic mass is 10.2. The van der Waals surface area contributed by atoms with Crippen molar-refractivity contribution in [1.82, 2.24) is 0 Å². The summed E-state index contributed by atoms with van der Waals surface area (Å²) in [5, 5.41) is 0.385. The zero-order valence-electron chi connectivity index (χ0n) is 10.6. The molecule has 0 aliphatic heterocycles. The second-order valence-corrected chi connectivity index (χ2v) is 6.49. The largest absolute Gasteiger partial charge is 0.278 e. The Balaban J connectivity index is 2.36. The Kier molecular flexibility index (Phi) is 3.83. The van der Waals surface area contributed by atoms with Crippen LogP contribution >= 0.6 is 11.6 Å². The summed E-state index contributed by atoms with van der Waals surface area (Å²) in [4.78, 5) is 0.226. The predicted molar refractivity (Wildman–Crippen MR) is 78.2 cm³/mol. The van der Waals surface area contributed by atoms with Gasteiger partial charge in [0.25, 0.3) is 10.0 Å². The van der Waals surface area contributed by atoms with E-state index in [1.807, 2.05) is 19.9 Å². The molecule has 0 aliphatic carbocycles. The lowest BCUT2D eigenvalue weighted by Gasteiger charge is -2.10. The van der Waals surface area contributed by atoms with Crippen LogP contribution in [0.5, 0.6) is 0 Å². The molecule has 0 fully saturated rings. The van der Waals surface area contributed by atoms with Crippen molar-refractivity contribution in [2.75, 3.05) is 4.72 Å². The fraction of sp³-hybridized carbons (Fsp3) is 0.143. The first kappa shape index (κ1) is 13.9. The van der Waals surface area contributed by atoms with Crippen molar-refractivity contribution in [3.63, 3.8) is 0 Å². The number of halogens is 1. The number of benzene rings is 2. The van der Waals surface area contributed by atoms with Crippen LogP contribution in [-0.4, -0.2) is 8.42 Å². The molecule has 0 saturated carbocycles. The van der Waals surface area contributed by atoms with Crippen LogP contribution in [0.3, 0.4) is 0 Å². The van der Waals surface area contributed by atoms with Gasteiger partial charge in [-0.1, -0.05) is 29.8 Å². The second kappa shape index (κ2) is 5.23. The van der Waals surface area contributed by atoms with E-state index in [1.165, 1.54) is 0 Å². The van der Waals surface area contributed by atoms with Crippen molar-refractivity contribution in [3.05, 3.63) is 58.6 Å². The third-order valence-corrected chi connectivity index (χ3v) is 4.34. The molecule has 2 aromatic rings. The Morgan fingerprint density at radius 1 is 1.00 bits per heavy atom. The van der Waals surface area contributed by atoms with Gasteiger partial charge in [0.2, 0.25) is 0 Å². The number of aryl methyl sites for hydroxylation is 2. The van der Waals surface area contributed by atoms with E-state index < -0.39 is 10.0 Å². The smallest absolute Gasteiger partial charge is 0.261 e. The molecule has 0 bridgehead atoms. The molecule has 0 spiro atoms. The first-order chi connectivity index (χ1) is 8.88. The highest BCUT2D eigenvalue weighted by Crippen LogP contribution is 2.25. The molecule has 0 atom stereocenters. The maximum absolute atomic E-state index is 12.2. The summed E-state index contributed by atoms with van der Waals surface area (Å²) < 4.78 is 26.9. The zero-order chi connectivity index (χ0) is 14.0. The average molecular weight is 296 g/mol. The number of rotatable bonds is 3. The molecule has 0 aromatic heterocycles. The van der Waals surface area contributed by atoms with Crippen LogP contribution in [0.2, 0.25) is 5.02 Å². The van der Waals surface area contributed by atoms with E-state index in [-0.39, 0.29) is 4.90 Å². The Morgan fingerprint density at radius 2 is 1.68 bits per heavy atom. The van der Waals surface area contributed by atoms with E-state index in [4.69, 9.17) is 11.6 Å². The van der Waals surface area contributed by atoms with Gasteiger partial charge in [-0.2, -0.15) is 0 Å². The first-order valence-electron chi connectivity index (χ1n) is 5.74. The van der Waals surface area contributed by atoms with Crippen molar-refractivity contribution in [2.24, 2.45) is 0 Å². The maximum atomic E-state index is 12.2. The van der Waals surface area contributed by atoms with Crippen LogP contribution < -0.4 is 4.72 Å². The molecular formula is C14H14ClNO2S. The summed E-state index contributed by atoms with van der Waals surface area (Å²) in [7, 11) is -3.61. The van der Waals surface area contributed by atoms with Crippen LogP contribution in [0.1, 0.15) is 11.1 Å². The van der Waals surface area contributed by atoms with Crippen LogP contribution in [0, 0.1) is 13.8 Å². The van der Waals surface area contributed by atoms with Gasteiger partial charge in [-0.15, -0.1) is 0 Å². The highest BCUT2D eigenvalue weighted by atomic mass is 35.5. The zero-order valence-corrected chi connectivity index (χ0v) is 12.2. The molecule has 0 heterocycles. The first-order valence-corrected chi connectivity index (χ1v) is 7.60. The van der Waals surface area contributed by atoms with Gasteiger partial charge in [0.15, 0.2) is 0 Å². The summed E-state index contributed by atoms with van der Waals surface area (Å²) in [5.41, 5.74) is 2.25. The van der Waals surface area contributed by atoms with Gasteiger partial charge >= 0.3 is 0 Å². The minimum atomic E-state index is -3.61. The summed E-state index contributed by atoms with van der Waals surface area (Å²) in [6, 6.07) is 11.9. The second-order valence-electron chi connectivity index (χ2n) is 4.41. The van der Waals surface area contributed by atoms with E-state index in [2.05, 4.69) is 4.72 Å². The molecule has 0 unspecified atom stereocenters. The number of hydrogen-bond acceptors (Lipinski definition) is 2. The highest BCUT2D eigenvalue weighted by molar-refractivity contribution is 7.92. The summed E-state index contributed by atoms with van der Waals surface area (Å²) in [5.74, 6) is 0. The molecule has 100 valence electrons. The van der Waals surface area contributed by atoms with Crippen molar-refractivity contribution in [2.45, 2.75) is 18.7 Å². The molecule has 0 saturated heterocycles. The Hall–Kier alpha value is -1.52. The molecule has 0 amide bonds. The molecule has 5 heteroatoms. The van der Waals surface area contributed by atoms with Crippen LogP contribution in [0.4, 0.5) is 5.69 Å². The van der Waals surface area contributed by atoms with E-state index in [1.54, 1.807) is 36.4 Å². The van der Waals surface area contributed by atoms with Crippen LogP contribution in [-0.2, 0) is 10.0 Å². The average Bonchev–Trinajstić information content (AvgIpc) is 2.33. The van der Waals surface area contributed by atoms with E-state index >= 15 is 0 Å². The minimum Gasteiger partial charge on any atom is -0.278 e. The molecule has 0 aliphatic rings. The van der Waals surface area contributed by atoms with E-state index in [9.17, 15) is 8.42 Å². The Morgan fingerprint density at radius 3 is 2.32 bits per heavy atom. The van der Waals surface area contributed by atoms with E-state index in [0.717, 1.165) is 11.1 Å². The maximum Gasteiger partial charge on any atom is 0.261 e. The quantitative estimate of drug-likeness (QED) is 0.937. The number of hydrogen-bond donors (Lipinski definition) is 1. The molecule has 3 nitrogen and oxygen atoms in total. The van der Waals surface area contributed by atoms with Crippen molar-refractivity contribution >= 4 is 27.3 Å². The SMILES string of the molecule is Cc1cccc(S(=O)(=O)Nc2ccc(C)cc2Cl)c1. The fourth-order valence-electron chi connectivity index (χ4n) is 1.69. The normalized spacial score (nSPS) is 11.3. The summed E-state index contributed by atoms with van der Waals surface area (Å²) in [6.45, 7) is 3.74. The van der Waals surface area contributed by atoms with Crippen molar-refractivity contribution in [1.29, 1.82) is 0 Å². The van der Waals surface area contributed by atoms with Gasteiger partial charge < -0.3 is 0 Å². The Labute approximate surface area is 118 Å². The molecular weight excluding hydrogens is 282 g/mol. The predicted octanol–water partition coefficient (Wildman–Crippen LogP) is 3.76. The molecule has 1 N–H and O–H groups in total. The fourth-order valence-corrected chi connectivity index (χ4v) is 3.21. The number of nitrogens with one attached hydrogen (secondary N) is 1. The lowest BCUT2D eigenvalue weighted by Crippen LogP contribution is -2.13.